The normalized spacial score (nSPS) is 12.2. The molecule has 2 rings (SSSR count). The van der Waals surface area contributed by atoms with E-state index in [9.17, 15) is 4.79 Å². The van der Waals surface area contributed by atoms with Crippen molar-refractivity contribution in [3.63, 3.8) is 0 Å². The van der Waals surface area contributed by atoms with Crippen LogP contribution < -0.4 is 0 Å². The molecule has 0 saturated heterocycles. The van der Waals surface area contributed by atoms with Crippen LogP contribution in [0.2, 0.25) is 0 Å². The van der Waals surface area contributed by atoms with Gasteiger partial charge in [0.2, 0.25) is 0 Å². The maximum Gasteiger partial charge on any atom is 0.257 e. The Morgan fingerprint density at radius 1 is 1.43 bits per heavy atom. The van der Waals surface area contributed by atoms with E-state index in [0.29, 0.717) is 5.56 Å². The third-order valence-electron chi connectivity index (χ3n) is 3.74. The fourth-order valence-electron chi connectivity index (χ4n) is 2.53. The van der Waals surface area contributed by atoms with Crippen LogP contribution in [-0.2, 0) is 6.54 Å². The molecule has 2 heterocycles. The van der Waals surface area contributed by atoms with Gasteiger partial charge < -0.3 is 4.90 Å². The standard InChI is InChI=1S/C16H22N4O/c1-5-15(13-8-7-9-17-10-13)19(4)16(21)14-11-20(6-2)18-12(14)3/h7-11,15H,5-6H2,1-4H3. The Morgan fingerprint density at radius 3 is 2.71 bits per heavy atom. The maximum atomic E-state index is 12.7. The molecule has 1 atom stereocenters. The number of amides is 1. The van der Waals surface area contributed by atoms with E-state index in [1.165, 1.54) is 0 Å². The summed E-state index contributed by atoms with van der Waals surface area (Å²) in [6.07, 6.45) is 6.23. The van der Waals surface area contributed by atoms with E-state index in [1.807, 2.05) is 45.4 Å². The molecule has 0 bridgehead atoms. The Bertz CT molecular complexity index is 606. The number of nitrogens with zero attached hydrogens (tertiary/aromatic N) is 4. The average molecular weight is 286 g/mol. The van der Waals surface area contributed by atoms with Gasteiger partial charge in [0.15, 0.2) is 0 Å². The molecule has 1 amide bonds. The second-order valence-corrected chi connectivity index (χ2v) is 5.11. The molecule has 112 valence electrons. The molecule has 0 saturated carbocycles. The van der Waals surface area contributed by atoms with Crippen molar-refractivity contribution in [2.45, 2.75) is 39.8 Å². The van der Waals surface area contributed by atoms with Crippen molar-refractivity contribution in [1.29, 1.82) is 0 Å². The number of aryl methyl sites for hydroxylation is 2. The highest BCUT2D eigenvalue weighted by molar-refractivity contribution is 5.95. The second-order valence-electron chi connectivity index (χ2n) is 5.11. The van der Waals surface area contributed by atoms with Crippen molar-refractivity contribution in [3.05, 3.63) is 47.5 Å². The predicted molar refractivity (Wildman–Crippen MR) is 82.0 cm³/mol. The summed E-state index contributed by atoms with van der Waals surface area (Å²) in [6, 6.07) is 3.93. The first-order valence-electron chi connectivity index (χ1n) is 7.29. The Kier molecular flexibility index (Phi) is 4.73. The highest BCUT2D eigenvalue weighted by atomic mass is 16.2. The topological polar surface area (TPSA) is 51.0 Å². The molecule has 5 heteroatoms. The number of carbonyl (C=O) groups excluding carboxylic acids is 1. The van der Waals surface area contributed by atoms with Gasteiger partial charge in [-0.15, -0.1) is 0 Å². The minimum absolute atomic E-state index is 0.00269. The van der Waals surface area contributed by atoms with Crippen LogP contribution >= 0.6 is 0 Å². The SMILES string of the molecule is CCC(c1cccnc1)N(C)C(=O)c1cn(CC)nc1C. The molecule has 0 aliphatic heterocycles. The van der Waals surface area contributed by atoms with Gasteiger partial charge in [0, 0.05) is 32.2 Å². The smallest absolute Gasteiger partial charge is 0.257 e. The number of aromatic nitrogens is 3. The summed E-state index contributed by atoms with van der Waals surface area (Å²) < 4.78 is 1.79. The van der Waals surface area contributed by atoms with Crippen LogP contribution in [0.5, 0.6) is 0 Å². The first kappa shape index (κ1) is 15.2. The monoisotopic (exact) mass is 286 g/mol. The van der Waals surface area contributed by atoms with E-state index in [0.717, 1.165) is 24.2 Å². The lowest BCUT2D eigenvalue weighted by Gasteiger charge is -2.27. The van der Waals surface area contributed by atoms with Gasteiger partial charge in [0.05, 0.1) is 17.3 Å². The van der Waals surface area contributed by atoms with Crippen LogP contribution in [0.15, 0.2) is 30.7 Å². The van der Waals surface area contributed by atoms with Gasteiger partial charge >= 0.3 is 0 Å². The molecule has 0 N–H and O–H groups in total. The Balaban J connectivity index is 2.26. The Labute approximate surface area is 125 Å². The molecule has 0 fully saturated rings. The number of hydrogen-bond acceptors (Lipinski definition) is 3. The summed E-state index contributed by atoms with van der Waals surface area (Å²) in [5.41, 5.74) is 2.49. The minimum Gasteiger partial charge on any atom is -0.335 e. The molecule has 0 aliphatic carbocycles. The summed E-state index contributed by atoms with van der Waals surface area (Å²) in [5.74, 6) is 0.00269. The summed E-state index contributed by atoms with van der Waals surface area (Å²) in [6.45, 7) is 6.72. The molecule has 0 spiro atoms. The predicted octanol–water partition coefficient (Wildman–Crippen LogP) is 2.83. The highest BCUT2D eigenvalue weighted by Crippen LogP contribution is 2.24. The molecule has 21 heavy (non-hydrogen) atoms. The van der Waals surface area contributed by atoms with Gasteiger partial charge in [0.1, 0.15) is 0 Å². The van der Waals surface area contributed by atoms with Crippen molar-refractivity contribution in [2.75, 3.05) is 7.05 Å². The van der Waals surface area contributed by atoms with Gasteiger partial charge in [-0.2, -0.15) is 5.10 Å². The fraction of sp³-hybridized carbons (Fsp3) is 0.438. The Morgan fingerprint density at radius 2 is 2.19 bits per heavy atom. The van der Waals surface area contributed by atoms with Crippen molar-refractivity contribution < 1.29 is 4.79 Å². The number of pyridine rings is 1. The van der Waals surface area contributed by atoms with E-state index in [1.54, 1.807) is 15.8 Å². The summed E-state index contributed by atoms with van der Waals surface area (Å²) in [7, 11) is 1.84. The van der Waals surface area contributed by atoms with Crippen LogP contribution in [0.25, 0.3) is 0 Å². The molecule has 2 aromatic rings. The van der Waals surface area contributed by atoms with Crippen LogP contribution in [0, 0.1) is 6.92 Å². The highest BCUT2D eigenvalue weighted by Gasteiger charge is 2.24. The van der Waals surface area contributed by atoms with E-state index in [-0.39, 0.29) is 11.9 Å². The van der Waals surface area contributed by atoms with E-state index < -0.39 is 0 Å². The van der Waals surface area contributed by atoms with Crippen molar-refractivity contribution in [2.24, 2.45) is 0 Å². The first-order valence-corrected chi connectivity index (χ1v) is 7.29. The lowest BCUT2D eigenvalue weighted by Crippen LogP contribution is -2.31. The molecule has 0 aromatic carbocycles. The van der Waals surface area contributed by atoms with Crippen molar-refractivity contribution >= 4 is 5.91 Å². The third kappa shape index (κ3) is 3.12. The largest absolute Gasteiger partial charge is 0.335 e. The molecule has 1 unspecified atom stereocenters. The van der Waals surface area contributed by atoms with Gasteiger partial charge in [-0.3, -0.25) is 14.5 Å². The van der Waals surface area contributed by atoms with Crippen LogP contribution in [0.1, 0.15) is 47.9 Å². The van der Waals surface area contributed by atoms with Gasteiger partial charge in [0.25, 0.3) is 5.91 Å². The van der Waals surface area contributed by atoms with Crippen molar-refractivity contribution in [1.82, 2.24) is 19.7 Å². The zero-order chi connectivity index (χ0) is 15.4. The lowest BCUT2D eigenvalue weighted by molar-refractivity contribution is 0.0725. The molecular formula is C16H22N4O. The Hall–Kier alpha value is -2.17. The van der Waals surface area contributed by atoms with Crippen molar-refractivity contribution in [3.8, 4) is 0 Å². The molecule has 0 aliphatic rings. The minimum atomic E-state index is 0.00269. The zero-order valence-electron chi connectivity index (χ0n) is 13.1. The summed E-state index contributed by atoms with van der Waals surface area (Å²) >= 11 is 0. The van der Waals surface area contributed by atoms with E-state index >= 15 is 0 Å². The molecule has 0 radical (unpaired) electrons. The second kappa shape index (κ2) is 6.52. The first-order chi connectivity index (χ1) is 10.1. The number of carbonyl (C=O) groups is 1. The zero-order valence-corrected chi connectivity index (χ0v) is 13.1. The van der Waals surface area contributed by atoms with E-state index in [2.05, 4.69) is 17.0 Å². The number of rotatable bonds is 5. The quantitative estimate of drug-likeness (QED) is 0.849. The van der Waals surface area contributed by atoms with Crippen LogP contribution in [0.4, 0.5) is 0 Å². The number of hydrogen-bond donors (Lipinski definition) is 0. The van der Waals surface area contributed by atoms with Gasteiger partial charge in [-0.1, -0.05) is 13.0 Å². The summed E-state index contributed by atoms with van der Waals surface area (Å²) in [5, 5.41) is 4.35. The molecule has 5 nitrogen and oxygen atoms in total. The fourth-order valence-corrected chi connectivity index (χ4v) is 2.53. The van der Waals surface area contributed by atoms with Gasteiger partial charge in [-0.25, -0.2) is 0 Å². The third-order valence-corrected chi connectivity index (χ3v) is 3.74. The maximum absolute atomic E-state index is 12.7. The van der Waals surface area contributed by atoms with E-state index in [4.69, 9.17) is 0 Å². The average Bonchev–Trinajstić information content (AvgIpc) is 2.89. The summed E-state index contributed by atoms with van der Waals surface area (Å²) in [4.78, 5) is 18.6. The lowest BCUT2D eigenvalue weighted by atomic mass is 10.0. The van der Waals surface area contributed by atoms with Crippen LogP contribution in [-0.4, -0.2) is 32.6 Å². The van der Waals surface area contributed by atoms with Gasteiger partial charge in [-0.05, 0) is 31.9 Å². The van der Waals surface area contributed by atoms with Crippen LogP contribution in [0.3, 0.4) is 0 Å². The molecule has 2 aromatic heterocycles. The molecular weight excluding hydrogens is 264 g/mol.